The molecule has 61 heavy (non-hydrogen) atoms. The van der Waals surface area contributed by atoms with Gasteiger partial charge in [-0.1, -0.05) is 121 Å². The molecule has 0 amide bonds. The van der Waals surface area contributed by atoms with Crippen LogP contribution in [0.5, 0.6) is 0 Å². The third-order valence-electron chi connectivity index (χ3n) is 12.9. The van der Waals surface area contributed by atoms with Gasteiger partial charge in [-0.05, 0) is 89.0 Å². The molecule has 4 heterocycles. The Morgan fingerprint density at radius 2 is 0.967 bits per heavy atom. The molecule has 5 heteroatoms. The van der Waals surface area contributed by atoms with E-state index in [2.05, 4.69) is 191 Å². The predicted molar refractivity (Wildman–Crippen MR) is 253 cm³/mol. The van der Waals surface area contributed by atoms with Gasteiger partial charge in [0.15, 0.2) is 0 Å². The molecule has 0 bridgehead atoms. The maximum Gasteiger partial charge on any atom is 0.135 e. The summed E-state index contributed by atoms with van der Waals surface area (Å²) in [6.45, 7) is 0. The molecule has 282 valence electrons. The Kier molecular flexibility index (Phi) is 6.49. The largest absolute Gasteiger partial charge is 0.456 e. The molecule has 14 rings (SSSR count). The van der Waals surface area contributed by atoms with Gasteiger partial charge in [0.25, 0.3) is 0 Å². The zero-order chi connectivity index (χ0) is 39.8. The number of nitrogens with zero attached hydrogens (tertiary/aromatic N) is 4. The average Bonchev–Trinajstić information content (AvgIpc) is 3.78. The Balaban J connectivity index is 1.05. The van der Waals surface area contributed by atoms with Gasteiger partial charge in [-0.25, -0.2) is 9.97 Å². The fourth-order valence-corrected chi connectivity index (χ4v) is 10.3. The van der Waals surface area contributed by atoms with E-state index in [0.717, 1.165) is 94.2 Å². The Bertz CT molecular complexity index is 4010. The lowest BCUT2D eigenvalue weighted by molar-refractivity contribution is 0.664. The predicted octanol–water partition coefficient (Wildman–Crippen LogP) is 14.8. The maximum atomic E-state index is 6.72. The summed E-state index contributed by atoms with van der Waals surface area (Å²) in [5.41, 5.74) is 14.1. The van der Waals surface area contributed by atoms with Crippen LogP contribution in [0, 0.1) is 0 Å². The number of para-hydroxylation sites is 4. The minimum atomic E-state index is 0.848. The van der Waals surface area contributed by atoms with Crippen LogP contribution in [0.4, 0.5) is 0 Å². The molecule has 0 radical (unpaired) electrons. The molecule has 0 N–H and O–H groups in total. The number of aromatic nitrogens is 4. The van der Waals surface area contributed by atoms with Crippen molar-refractivity contribution in [2.45, 2.75) is 0 Å². The second-order valence-electron chi connectivity index (χ2n) is 16.1. The monoisotopic (exact) mass is 776 g/mol. The van der Waals surface area contributed by atoms with Crippen molar-refractivity contribution in [3.05, 3.63) is 194 Å². The first kappa shape index (κ1) is 32.7. The van der Waals surface area contributed by atoms with Gasteiger partial charge in [0.05, 0.1) is 50.2 Å². The first-order chi connectivity index (χ1) is 30.3. The van der Waals surface area contributed by atoms with Crippen molar-refractivity contribution in [2.24, 2.45) is 0 Å². The molecule has 0 aliphatic heterocycles. The molecule has 0 aliphatic carbocycles. The van der Waals surface area contributed by atoms with Gasteiger partial charge in [-0.2, -0.15) is 0 Å². The van der Waals surface area contributed by atoms with E-state index in [9.17, 15) is 0 Å². The number of fused-ring (bicyclic) bond motifs is 5. The second kappa shape index (κ2) is 12.1. The number of rotatable bonds is 4. The van der Waals surface area contributed by atoms with E-state index in [0.29, 0.717) is 0 Å². The molecule has 5 nitrogen and oxygen atoms in total. The van der Waals surface area contributed by atoms with E-state index in [4.69, 9.17) is 14.4 Å². The highest BCUT2D eigenvalue weighted by atomic mass is 16.3. The lowest BCUT2D eigenvalue weighted by Gasteiger charge is -2.17. The van der Waals surface area contributed by atoms with E-state index in [-0.39, 0.29) is 0 Å². The van der Waals surface area contributed by atoms with Crippen LogP contribution in [0.1, 0.15) is 0 Å². The molecule has 14 aromatic rings. The smallest absolute Gasteiger partial charge is 0.135 e. The third-order valence-corrected chi connectivity index (χ3v) is 12.9. The molecule has 0 unspecified atom stereocenters. The zero-order valence-corrected chi connectivity index (χ0v) is 32.7. The average molecular weight is 777 g/mol. The van der Waals surface area contributed by atoms with Gasteiger partial charge in [0.2, 0.25) is 0 Å². The van der Waals surface area contributed by atoms with Crippen molar-refractivity contribution in [3.63, 3.8) is 0 Å². The third kappa shape index (κ3) is 4.49. The molecule has 0 aliphatic rings. The van der Waals surface area contributed by atoms with Gasteiger partial charge in [0, 0.05) is 54.5 Å². The van der Waals surface area contributed by atoms with Crippen LogP contribution in [-0.4, -0.2) is 19.1 Å². The summed E-state index contributed by atoms with van der Waals surface area (Å²) in [5, 5.41) is 11.7. The Labute approximate surface area is 348 Å². The molecular weight excluding hydrogens is 745 g/mol. The lowest BCUT2D eigenvalue weighted by atomic mass is 9.96. The minimum Gasteiger partial charge on any atom is -0.456 e. The molecular formula is C56H32N4O. The van der Waals surface area contributed by atoms with Crippen LogP contribution in [0.3, 0.4) is 0 Å². The summed E-state index contributed by atoms with van der Waals surface area (Å²) in [6, 6.07) is 69.3. The molecule has 0 spiro atoms. The molecule has 4 aromatic heterocycles. The number of hydrogen-bond acceptors (Lipinski definition) is 3. The highest BCUT2D eigenvalue weighted by molar-refractivity contribution is 6.34. The lowest BCUT2D eigenvalue weighted by Crippen LogP contribution is -1.99. The zero-order valence-electron chi connectivity index (χ0n) is 32.7. The van der Waals surface area contributed by atoms with Crippen LogP contribution in [-0.2, 0) is 0 Å². The summed E-state index contributed by atoms with van der Waals surface area (Å²) < 4.78 is 11.5. The van der Waals surface area contributed by atoms with Gasteiger partial charge in [0.1, 0.15) is 11.2 Å². The highest BCUT2D eigenvalue weighted by Crippen LogP contribution is 2.47. The second-order valence-corrected chi connectivity index (χ2v) is 16.1. The normalized spacial score (nSPS) is 12.3. The van der Waals surface area contributed by atoms with Crippen molar-refractivity contribution in [2.75, 3.05) is 0 Å². The molecule has 0 saturated carbocycles. The standard InChI is InChI=1S/C56H32N4O/c1-2-14-36(15-3-1)59-44-21-9-6-18-39(44)40-27-24-35(32-48(40)59)55-56(58-43-20-8-7-19-42(43)57-55)41-28-31-45(38-17-5-4-16-37(38)41)60-46-29-25-33-12-10-22-49-51(33)53(46)54-47(60)30-26-34-13-11-23-50(61-49)52(34)54/h1-32H. The van der Waals surface area contributed by atoms with E-state index < -0.39 is 0 Å². The van der Waals surface area contributed by atoms with Crippen LogP contribution in [0.15, 0.2) is 199 Å². The molecule has 0 atom stereocenters. The van der Waals surface area contributed by atoms with E-state index >= 15 is 0 Å². The van der Waals surface area contributed by atoms with Crippen LogP contribution in [0.2, 0.25) is 0 Å². The number of benzene rings is 10. The van der Waals surface area contributed by atoms with Crippen molar-refractivity contribution < 1.29 is 4.42 Å². The van der Waals surface area contributed by atoms with Gasteiger partial charge in [-0.15, -0.1) is 0 Å². The summed E-state index contributed by atoms with van der Waals surface area (Å²) in [7, 11) is 0. The summed E-state index contributed by atoms with van der Waals surface area (Å²) in [5.74, 6) is 0. The highest BCUT2D eigenvalue weighted by Gasteiger charge is 2.24. The first-order valence-corrected chi connectivity index (χ1v) is 20.7. The fraction of sp³-hybridized carbons (Fsp3) is 0. The molecule has 0 saturated heterocycles. The summed E-state index contributed by atoms with van der Waals surface area (Å²) in [6.07, 6.45) is 0. The van der Waals surface area contributed by atoms with Crippen molar-refractivity contribution in [1.82, 2.24) is 19.1 Å². The van der Waals surface area contributed by atoms with Crippen LogP contribution >= 0.6 is 0 Å². The van der Waals surface area contributed by atoms with Crippen molar-refractivity contribution in [3.8, 4) is 33.9 Å². The first-order valence-electron chi connectivity index (χ1n) is 20.7. The van der Waals surface area contributed by atoms with Crippen molar-refractivity contribution >= 4 is 98.1 Å². The van der Waals surface area contributed by atoms with E-state index in [1.165, 1.54) is 37.8 Å². The van der Waals surface area contributed by atoms with E-state index in [1.54, 1.807) is 0 Å². The van der Waals surface area contributed by atoms with Crippen molar-refractivity contribution in [1.29, 1.82) is 0 Å². The summed E-state index contributed by atoms with van der Waals surface area (Å²) in [4.78, 5) is 10.9. The van der Waals surface area contributed by atoms with Crippen LogP contribution in [0.25, 0.3) is 132 Å². The van der Waals surface area contributed by atoms with Crippen LogP contribution < -0.4 is 0 Å². The fourth-order valence-electron chi connectivity index (χ4n) is 10.3. The topological polar surface area (TPSA) is 48.8 Å². The summed E-state index contributed by atoms with van der Waals surface area (Å²) >= 11 is 0. The quantitative estimate of drug-likeness (QED) is 0.179. The number of hydrogen-bond donors (Lipinski definition) is 0. The van der Waals surface area contributed by atoms with Gasteiger partial charge < -0.3 is 13.6 Å². The van der Waals surface area contributed by atoms with Gasteiger partial charge >= 0.3 is 0 Å². The minimum absolute atomic E-state index is 0.848. The Morgan fingerprint density at radius 1 is 0.361 bits per heavy atom. The van der Waals surface area contributed by atoms with E-state index in [1.807, 2.05) is 12.1 Å². The Hall–Kier alpha value is -8.28. The SMILES string of the molecule is c1ccc(-n2c3ccccc3c3ccc(-c4nc5ccccc5nc4-c4ccc(-n5c6ccc7cccc8oc9cccc%10ccc5c(c%109)c6c78)c5ccccc45)cc32)cc1. The Morgan fingerprint density at radius 3 is 1.69 bits per heavy atom. The maximum absolute atomic E-state index is 6.72. The van der Waals surface area contributed by atoms with Gasteiger partial charge in [-0.3, -0.25) is 0 Å². The molecule has 10 aromatic carbocycles. The molecule has 0 fully saturated rings.